The smallest absolute Gasteiger partial charge is 0.154 e. The first-order valence-electron chi connectivity index (χ1n) is 5.65. The molecule has 1 unspecified atom stereocenters. The van der Waals surface area contributed by atoms with Crippen LogP contribution in [0, 0.1) is 6.92 Å². The maximum absolute atomic E-state index is 6.03. The lowest BCUT2D eigenvalue weighted by molar-refractivity contribution is 0.719. The third-order valence-electron chi connectivity index (χ3n) is 2.85. The fourth-order valence-corrected chi connectivity index (χ4v) is 2.00. The number of rotatable bonds is 3. The molecule has 1 heterocycles. The highest BCUT2D eigenvalue weighted by Gasteiger charge is 2.13. The van der Waals surface area contributed by atoms with Gasteiger partial charge in [0, 0.05) is 12.7 Å². The Bertz CT molecular complexity index is 564. The van der Waals surface area contributed by atoms with Crippen LogP contribution in [-0.4, -0.2) is 14.8 Å². The summed E-state index contributed by atoms with van der Waals surface area (Å²) < 4.78 is 1.88. The lowest BCUT2D eigenvalue weighted by Gasteiger charge is -2.17. The summed E-state index contributed by atoms with van der Waals surface area (Å²) >= 11 is 6.03. The average molecular weight is 266 g/mol. The monoisotopic (exact) mass is 265 g/mol. The highest BCUT2D eigenvalue weighted by Crippen LogP contribution is 2.28. The van der Waals surface area contributed by atoms with Crippen LogP contribution in [0.3, 0.4) is 0 Å². The first-order chi connectivity index (χ1) is 8.49. The van der Waals surface area contributed by atoms with Gasteiger partial charge in [0.15, 0.2) is 5.82 Å². The maximum Gasteiger partial charge on any atom is 0.154 e. The van der Waals surface area contributed by atoms with Crippen LogP contribution in [0.5, 0.6) is 0 Å². The molecule has 6 heteroatoms. The van der Waals surface area contributed by atoms with Crippen LogP contribution < -0.4 is 11.1 Å². The number of benzene rings is 1. The second-order valence-electron chi connectivity index (χ2n) is 4.35. The van der Waals surface area contributed by atoms with E-state index in [-0.39, 0.29) is 6.04 Å². The number of aryl methyl sites for hydroxylation is 2. The summed E-state index contributed by atoms with van der Waals surface area (Å²) in [6.45, 7) is 4.01. The molecule has 0 aliphatic rings. The summed E-state index contributed by atoms with van der Waals surface area (Å²) in [7, 11) is 1.91. The number of halogens is 1. The van der Waals surface area contributed by atoms with Crippen molar-refractivity contribution in [1.82, 2.24) is 14.8 Å². The molecule has 0 fully saturated rings. The van der Waals surface area contributed by atoms with Gasteiger partial charge >= 0.3 is 0 Å². The van der Waals surface area contributed by atoms with E-state index in [2.05, 4.69) is 15.5 Å². The van der Waals surface area contributed by atoms with Crippen molar-refractivity contribution in [3.05, 3.63) is 34.9 Å². The normalized spacial score (nSPS) is 12.4. The van der Waals surface area contributed by atoms with Gasteiger partial charge in [0.1, 0.15) is 6.33 Å². The average Bonchev–Trinajstić information content (AvgIpc) is 2.72. The molecule has 0 amide bonds. The van der Waals surface area contributed by atoms with Crippen LogP contribution in [0.1, 0.15) is 24.4 Å². The zero-order valence-electron chi connectivity index (χ0n) is 10.6. The SMILES string of the molecule is Cc1cc(N)c(Cl)cc1NC(C)c1nncn1C. The summed E-state index contributed by atoms with van der Waals surface area (Å²) in [4.78, 5) is 0. The minimum absolute atomic E-state index is 0.0379. The highest BCUT2D eigenvalue weighted by molar-refractivity contribution is 6.33. The standard InChI is InChI=1S/C12H16ClN5/c1-7-4-10(14)9(13)5-11(7)16-8(2)12-17-15-6-18(12)3/h4-6,8,16H,14H2,1-3H3. The van der Waals surface area contributed by atoms with Crippen molar-refractivity contribution in [3.8, 4) is 0 Å². The van der Waals surface area contributed by atoms with Crippen molar-refractivity contribution in [2.45, 2.75) is 19.9 Å². The molecule has 0 saturated carbocycles. The number of hydrogen-bond donors (Lipinski definition) is 2. The lowest BCUT2D eigenvalue weighted by atomic mass is 10.1. The van der Waals surface area contributed by atoms with E-state index >= 15 is 0 Å². The third-order valence-corrected chi connectivity index (χ3v) is 3.18. The van der Waals surface area contributed by atoms with E-state index in [1.807, 2.05) is 37.6 Å². The Morgan fingerprint density at radius 2 is 2.17 bits per heavy atom. The van der Waals surface area contributed by atoms with Gasteiger partial charge in [-0.2, -0.15) is 0 Å². The van der Waals surface area contributed by atoms with Crippen molar-refractivity contribution >= 4 is 23.0 Å². The van der Waals surface area contributed by atoms with Gasteiger partial charge in [-0.15, -0.1) is 10.2 Å². The van der Waals surface area contributed by atoms with E-state index in [1.54, 1.807) is 6.33 Å². The molecule has 0 saturated heterocycles. The molecule has 0 aliphatic carbocycles. The second-order valence-corrected chi connectivity index (χ2v) is 4.76. The van der Waals surface area contributed by atoms with Crippen molar-refractivity contribution in [1.29, 1.82) is 0 Å². The molecule has 0 radical (unpaired) electrons. The Hall–Kier alpha value is -1.75. The minimum atomic E-state index is 0.0379. The molecule has 3 N–H and O–H groups in total. The molecule has 1 aromatic carbocycles. The quantitative estimate of drug-likeness (QED) is 0.837. The molecule has 0 spiro atoms. The van der Waals surface area contributed by atoms with E-state index in [1.165, 1.54) is 0 Å². The molecule has 5 nitrogen and oxygen atoms in total. The Kier molecular flexibility index (Phi) is 3.43. The number of nitrogens with two attached hydrogens (primary N) is 1. The highest BCUT2D eigenvalue weighted by atomic mass is 35.5. The summed E-state index contributed by atoms with van der Waals surface area (Å²) in [6.07, 6.45) is 1.68. The fraction of sp³-hybridized carbons (Fsp3) is 0.333. The molecule has 2 rings (SSSR count). The van der Waals surface area contributed by atoms with Gasteiger partial charge in [0.05, 0.1) is 16.8 Å². The minimum Gasteiger partial charge on any atom is -0.398 e. The van der Waals surface area contributed by atoms with Crippen LogP contribution >= 0.6 is 11.6 Å². The number of nitrogens with one attached hydrogen (secondary N) is 1. The summed E-state index contributed by atoms with van der Waals surface area (Å²) in [5, 5.41) is 11.8. The second kappa shape index (κ2) is 4.86. The van der Waals surface area contributed by atoms with Gasteiger partial charge in [-0.05, 0) is 31.5 Å². The van der Waals surface area contributed by atoms with Gasteiger partial charge in [-0.25, -0.2) is 0 Å². The van der Waals surface area contributed by atoms with E-state index in [9.17, 15) is 0 Å². The summed E-state index contributed by atoms with van der Waals surface area (Å²) in [6, 6.07) is 3.73. The summed E-state index contributed by atoms with van der Waals surface area (Å²) in [5.41, 5.74) is 8.34. The predicted octanol–water partition coefficient (Wildman–Crippen LogP) is 2.53. The van der Waals surface area contributed by atoms with Crippen molar-refractivity contribution < 1.29 is 0 Å². The molecular weight excluding hydrogens is 250 g/mol. The predicted molar refractivity (Wildman–Crippen MR) is 73.6 cm³/mol. The van der Waals surface area contributed by atoms with Gasteiger partial charge < -0.3 is 15.6 Å². The first-order valence-corrected chi connectivity index (χ1v) is 6.03. The fourth-order valence-electron chi connectivity index (χ4n) is 1.84. The Balaban J connectivity index is 2.24. The zero-order chi connectivity index (χ0) is 13.3. The molecule has 0 aliphatic heterocycles. The number of nitrogen functional groups attached to an aromatic ring is 1. The molecule has 1 atom stereocenters. The maximum atomic E-state index is 6.03. The molecule has 1 aromatic heterocycles. The van der Waals surface area contributed by atoms with E-state index in [0.29, 0.717) is 10.7 Å². The van der Waals surface area contributed by atoms with Crippen LogP contribution in [0.4, 0.5) is 11.4 Å². The van der Waals surface area contributed by atoms with Crippen molar-refractivity contribution in [2.24, 2.45) is 7.05 Å². The number of hydrogen-bond acceptors (Lipinski definition) is 4. The largest absolute Gasteiger partial charge is 0.398 e. The van der Waals surface area contributed by atoms with E-state index in [4.69, 9.17) is 17.3 Å². The van der Waals surface area contributed by atoms with Gasteiger partial charge in [-0.3, -0.25) is 0 Å². The van der Waals surface area contributed by atoms with Crippen LogP contribution in [0.25, 0.3) is 0 Å². The summed E-state index contributed by atoms with van der Waals surface area (Å²) in [5.74, 6) is 0.863. The van der Waals surface area contributed by atoms with Gasteiger partial charge in [-0.1, -0.05) is 11.6 Å². The molecule has 0 bridgehead atoms. The van der Waals surface area contributed by atoms with Crippen LogP contribution in [-0.2, 0) is 7.05 Å². The van der Waals surface area contributed by atoms with Crippen LogP contribution in [0.15, 0.2) is 18.5 Å². The first kappa shape index (κ1) is 12.7. The Labute approximate surface area is 111 Å². The zero-order valence-corrected chi connectivity index (χ0v) is 11.4. The number of anilines is 2. The molecule has 2 aromatic rings. The van der Waals surface area contributed by atoms with Crippen molar-refractivity contribution in [3.63, 3.8) is 0 Å². The van der Waals surface area contributed by atoms with Gasteiger partial charge in [0.2, 0.25) is 0 Å². The lowest BCUT2D eigenvalue weighted by Crippen LogP contribution is -2.12. The Morgan fingerprint density at radius 1 is 1.44 bits per heavy atom. The van der Waals surface area contributed by atoms with Crippen molar-refractivity contribution in [2.75, 3.05) is 11.1 Å². The third kappa shape index (κ3) is 2.41. The molecular formula is C12H16ClN5. The van der Waals surface area contributed by atoms with E-state index < -0.39 is 0 Å². The van der Waals surface area contributed by atoms with E-state index in [0.717, 1.165) is 17.1 Å². The number of aromatic nitrogens is 3. The topological polar surface area (TPSA) is 68.8 Å². The molecule has 96 valence electrons. The molecule has 18 heavy (non-hydrogen) atoms. The Morgan fingerprint density at radius 3 is 2.78 bits per heavy atom. The number of nitrogens with zero attached hydrogens (tertiary/aromatic N) is 3. The van der Waals surface area contributed by atoms with Gasteiger partial charge in [0.25, 0.3) is 0 Å². The van der Waals surface area contributed by atoms with Crippen LogP contribution in [0.2, 0.25) is 5.02 Å².